The predicted molar refractivity (Wildman–Crippen MR) is 99.2 cm³/mol. The van der Waals surface area contributed by atoms with Crippen molar-refractivity contribution in [2.75, 3.05) is 5.75 Å². The zero-order valence-electron chi connectivity index (χ0n) is 14.6. The summed E-state index contributed by atoms with van der Waals surface area (Å²) in [7, 11) is 0. The summed E-state index contributed by atoms with van der Waals surface area (Å²) in [6.45, 7) is 3.89. The van der Waals surface area contributed by atoms with Crippen LogP contribution in [0, 0.1) is 13.8 Å². The van der Waals surface area contributed by atoms with E-state index < -0.39 is 0 Å². The van der Waals surface area contributed by atoms with E-state index in [9.17, 15) is 9.59 Å². The Kier molecular flexibility index (Phi) is 4.28. The molecule has 3 aromatic heterocycles. The van der Waals surface area contributed by atoms with Crippen LogP contribution in [0.25, 0.3) is 5.82 Å². The van der Waals surface area contributed by atoms with Gasteiger partial charge in [-0.3, -0.25) is 9.36 Å². The minimum absolute atomic E-state index is 0.0167. The molecule has 0 radical (unpaired) electrons. The molecule has 3 heterocycles. The van der Waals surface area contributed by atoms with Gasteiger partial charge in [0.1, 0.15) is 5.82 Å². The van der Waals surface area contributed by atoms with Crippen molar-refractivity contribution < 1.29 is 4.79 Å². The number of nitrogens with zero attached hydrogens (tertiary/aromatic N) is 4. The predicted octanol–water partition coefficient (Wildman–Crippen LogP) is 2.68. The molecule has 1 aliphatic rings. The maximum absolute atomic E-state index is 12.8. The van der Waals surface area contributed by atoms with E-state index in [0.717, 1.165) is 30.0 Å². The monoisotopic (exact) mass is 369 g/mol. The molecule has 1 fully saturated rings. The number of ketones is 1. The number of hydrogen-bond donors (Lipinski definition) is 1. The Morgan fingerprint density at radius 2 is 2.15 bits per heavy atom. The Bertz CT molecular complexity index is 1010. The largest absolute Gasteiger partial charge is 0.344 e. The molecule has 134 valence electrons. The lowest BCUT2D eigenvalue weighted by Gasteiger charge is -2.08. The highest BCUT2D eigenvalue weighted by Gasteiger charge is 2.29. The summed E-state index contributed by atoms with van der Waals surface area (Å²) in [6, 6.07) is 7.83. The molecule has 0 aliphatic heterocycles. The molecule has 4 rings (SSSR count). The second-order valence-electron chi connectivity index (χ2n) is 6.43. The number of aromatic amines is 1. The summed E-state index contributed by atoms with van der Waals surface area (Å²) < 4.78 is 3.64. The van der Waals surface area contributed by atoms with Crippen LogP contribution in [0.5, 0.6) is 0 Å². The van der Waals surface area contributed by atoms with E-state index in [2.05, 4.69) is 15.2 Å². The summed E-state index contributed by atoms with van der Waals surface area (Å²) >= 11 is 1.30. The first-order chi connectivity index (χ1) is 12.6. The maximum Gasteiger partial charge on any atom is 0.344 e. The first-order valence-corrected chi connectivity index (χ1v) is 9.48. The summed E-state index contributed by atoms with van der Waals surface area (Å²) in [4.78, 5) is 29.0. The van der Waals surface area contributed by atoms with Crippen LogP contribution >= 0.6 is 11.8 Å². The third kappa shape index (κ3) is 3.01. The fraction of sp³-hybridized carbons (Fsp3) is 0.333. The standard InChI is InChI=1S/C18H19N5O2S/c1-11-9-14(12(2)22(11)16-5-3-4-8-19-16)15(24)10-26-18-21-20-17(25)23(18)13-6-7-13/h3-5,8-9,13H,6-7,10H2,1-2H3,(H,20,25). The van der Waals surface area contributed by atoms with Crippen molar-refractivity contribution in [2.24, 2.45) is 0 Å². The molecule has 8 heteroatoms. The number of thioether (sulfide) groups is 1. The molecule has 0 bridgehead atoms. The lowest BCUT2D eigenvalue weighted by atomic mass is 10.2. The van der Waals surface area contributed by atoms with Gasteiger partial charge in [0, 0.05) is 29.2 Å². The molecule has 26 heavy (non-hydrogen) atoms. The zero-order chi connectivity index (χ0) is 18.3. The van der Waals surface area contributed by atoms with Gasteiger partial charge in [-0.1, -0.05) is 17.8 Å². The number of aryl methyl sites for hydroxylation is 1. The van der Waals surface area contributed by atoms with Gasteiger partial charge < -0.3 is 4.57 Å². The van der Waals surface area contributed by atoms with Gasteiger partial charge in [-0.2, -0.15) is 0 Å². The molecule has 0 saturated heterocycles. The Morgan fingerprint density at radius 1 is 1.35 bits per heavy atom. The van der Waals surface area contributed by atoms with Gasteiger partial charge >= 0.3 is 5.69 Å². The lowest BCUT2D eigenvalue weighted by Crippen LogP contribution is -2.16. The van der Waals surface area contributed by atoms with Crippen LogP contribution in [0.2, 0.25) is 0 Å². The molecule has 0 atom stereocenters. The molecule has 0 amide bonds. The minimum atomic E-state index is -0.198. The molecule has 7 nitrogen and oxygen atoms in total. The average molecular weight is 369 g/mol. The van der Waals surface area contributed by atoms with Gasteiger partial charge in [-0.15, -0.1) is 5.10 Å². The smallest absolute Gasteiger partial charge is 0.302 e. The fourth-order valence-electron chi connectivity index (χ4n) is 3.14. The number of Topliss-reactive ketones (excluding diaryl/α,β-unsaturated/α-hetero) is 1. The average Bonchev–Trinajstić information content (AvgIpc) is 3.34. The van der Waals surface area contributed by atoms with E-state index in [-0.39, 0.29) is 23.3 Å². The van der Waals surface area contributed by atoms with Crippen LogP contribution in [0.4, 0.5) is 0 Å². The topological polar surface area (TPSA) is 85.6 Å². The van der Waals surface area contributed by atoms with Crippen LogP contribution in [0.3, 0.4) is 0 Å². The molecular weight excluding hydrogens is 350 g/mol. The van der Waals surface area contributed by atoms with Crippen molar-refractivity contribution in [3.63, 3.8) is 0 Å². The SMILES string of the molecule is Cc1cc(C(=O)CSc2n[nH]c(=O)n2C2CC2)c(C)n1-c1ccccn1. The second-order valence-corrected chi connectivity index (χ2v) is 7.38. The Labute approximate surface area is 154 Å². The number of hydrogen-bond acceptors (Lipinski definition) is 5. The summed E-state index contributed by atoms with van der Waals surface area (Å²) in [6.07, 6.45) is 3.72. The van der Waals surface area contributed by atoms with Crippen molar-refractivity contribution in [3.8, 4) is 5.82 Å². The lowest BCUT2D eigenvalue weighted by molar-refractivity contribution is 0.102. The van der Waals surface area contributed by atoms with Gasteiger partial charge in [0.15, 0.2) is 10.9 Å². The number of carbonyl (C=O) groups is 1. The normalized spacial score (nSPS) is 13.9. The molecule has 0 aromatic carbocycles. The van der Waals surface area contributed by atoms with Crippen molar-refractivity contribution in [1.29, 1.82) is 0 Å². The van der Waals surface area contributed by atoms with Crippen LogP contribution < -0.4 is 5.69 Å². The number of aromatic nitrogens is 5. The van der Waals surface area contributed by atoms with Crippen LogP contribution in [0.1, 0.15) is 40.6 Å². The Hall–Kier alpha value is -2.61. The van der Waals surface area contributed by atoms with E-state index >= 15 is 0 Å². The highest BCUT2D eigenvalue weighted by molar-refractivity contribution is 7.99. The van der Waals surface area contributed by atoms with E-state index in [1.807, 2.05) is 42.7 Å². The highest BCUT2D eigenvalue weighted by Crippen LogP contribution is 2.36. The van der Waals surface area contributed by atoms with Gasteiger partial charge in [0.25, 0.3) is 0 Å². The molecule has 1 saturated carbocycles. The first-order valence-electron chi connectivity index (χ1n) is 8.49. The van der Waals surface area contributed by atoms with Gasteiger partial charge in [-0.05, 0) is 44.9 Å². The second kappa shape index (κ2) is 6.60. The van der Waals surface area contributed by atoms with Gasteiger partial charge in [0.2, 0.25) is 0 Å². The number of rotatable bonds is 6. The first kappa shape index (κ1) is 16.8. The summed E-state index contributed by atoms with van der Waals surface area (Å²) in [5, 5.41) is 7.12. The summed E-state index contributed by atoms with van der Waals surface area (Å²) in [5.41, 5.74) is 2.31. The van der Waals surface area contributed by atoms with Crippen molar-refractivity contribution >= 4 is 17.5 Å². The third-order valence-electron chi connectivity index (χ3n) is 4.53. The fourth-order valence-corrected chi connectivity index (χ4v) is 4.04. The number of pyridine rings is 1. The number of carbonyl (C=O) groups excluding carboxylic acids is 1. The summed E-state index contributed by atoms with van der Waals surface area (Å²) in [5.74, 6) is 1.05. The number of nitrogens with one attached hydrogen (secondary N) is 1. The zero-order valence-corrected chi connectivity index (χ0v) is 15.4. The van der Waals surface area contributed by atoms with E-state index in [0.29, 0.717) is 10.7 Å². The van der Waals surface area contributed by atoms with Crippen molar-refractivity contribution in [2.45, 2.75) is 37.9 Å². The quantitative estimate of drug-likeness (QED) is 0.533. The Balaban J connectivity index is 1.55. The van der Waals surface area contributed by atoms with Crippen molar-refractivity contribution in [1.82, 2.24) is 24.3 Å². The maximum atomic E-state index is 12.8. The van der Waals surface area contributed by atoms with Crippen LogP contribution in [-0.2, 0) is 0 Å². The van der Waals surface area contributed by atoms with Crippen LogP contribution in [-0.4, -0.2) is 35.9 Å². The molecule has 0 unspecified atom stereocenters. The molecule has 1 aliphatic carbocycles. The third-order valence-corrected chi connectivity index (χ3v) is 5.48. The molecule has 0 spiro atoms. The van der Waals surface area contributed by atoms with Crippen molar-refractivity contribution in [3.05, 3.63) is 57.9 Å². The number of H-pyrrole nitrogens is 1. The van der Waals surface area contributed by atoms with Gasteiger partial charge in [-0.25, -0.2) is 14.9 Å². The molecular formula is C18H19N5O2S. The Morgan fingerprint density at radius 3 is 2.85 bits per heavy atom. The van der Waals surface area contributed by atoms with E-state index in [1.54, 1.807) is 10.8 Å². The minimum Gasteiger partial charge on any atom is -0.302 e. The van der Waals surface area contributed by atoms with E-state index in [1.165, 1.54) is 11.8 Å². The van der Waals surface area contributed by atoms with Crippen LogP contribution in [0.15, 0.2) is 40.4 Å². The van der Waals surface area contributed by atoms with E-state index in [4.69, 9.17) is 0 Å². The molecule has 3 aromatic rings. The van der Waals surface area contributed by atoms with Gasteiger partial charge in [0.05, 0.1) is 5.75 Å². The molecule has 1 N–H and O–H groups in total. The highest BCUT2D eigenvalue weighted by atomic mass is 32.2.